The molecule has 0 aliphatic heterocycles. The minimum atomic E-state index is -3.62. The third-order valence-electron chi connectivity index (χ3n) is 2.64. The Bertz CT molecular complexity index is 623. The highest BCUT2D eigenvalue weighted by Gasteiger charge is 2.23. The van der Waals surface area contributed by atoms with E-state index in [9.17, 15) is 18.0 Å². The summed E-state index contributed by atoms with van der Waals surface area (Å²) >= 11 is 0. The quantitative estimate of drug-likeness (QED) is 0.617. The largest absolute Gasteiger partial charge is 0.496 e. The van der Waals surface area contributed by atoms with Crippen molar-refractivity contribution in [3.8, 4) is 5.75 Å². The number of hydrogen-bond acceptors (Lipinski definition) is 6. The number of carbonyl (C=O) groups excluding carboxylic acids is 2. The number of rotatable bonds is 6. The summed E-state index contributed by atoms with van der Waals surface area (Å²) in [5.74, 6) is -0.795. The summed E-state index contributed by atoms with van der Waals surface area (Å²) in [6.45, 7) is 1.46. The molecule has 7 nitrogen and oxygen atoms in total. The molecule has 20 heavy (non-hydrogen) atoms. The van der Waals surface area contributed by atoms with E-state index in [1.807, 2.05) is 0 Å². The van der Waals surface area contributed by atoms with Gasteiger partial charge in [0.25, 0.3) is 0 Å². The molecule has 0 unspecified atom stereocenters. The zero-order chi connectivity index (χ0) is 15.3. The van der Waals surface area contributed by atoms with Gasteiger partial charge in [0.05, 0.1) is 30.6 Å². The standard InChI is InChI=1S/C12H15NO6S/c1-4-20(16,17)11-5-8(12(15)19-3)10(18-2)6-9(11)13-7-14/h5-7H,4H2,1-3H3,(H,13,14). The van der Waals surface area contributed by atoms with Crippen LogP contribution in [-0.2, 0) is 19.4 Å². The molecule has 0 spiro atoms. The fourth-order valence-corrected chi connectivity index (χ4v) is 2.65. The Balaban J connectivity index is 3.63. The Kier molecular flexibility index (Phi) is 5.09. The van der Waals surface area contributed by atoms with Gasteiger partial charge in [-0.25, -0.2) is 13.2 Å². The maximum absolute atomic E-state index is 12.0. The lowest BCUT2D eigenvalue weighted by Crippen LogP contribution is -2.12. The lowest BCUT2D eigenvalue weighted by atomic mass is 10.2. The fourth-order valence-electron chi connectivity index (χ4n) is 1.59. The zero-order valence-corrected chi connectivity index (χ0v) is 12.1. The van der Waals surface area contributed by atoms with Crippen molar-refractivity contribution in [1.82, 2.24) is 0 Å². The first kappa shape index (κ1) is 16.0. The fraction of sp³-hybridized carbons (Fsp3) is 0.333. The molecule has 1 rings (SSSR count). The number of methoxy groups -OCH3 is 2. The van der Waals surface area contributed by atoms with E-state index in [1.165, 1.54) is 27.2 Å². The number of nitrogens with one attached hydrogen (secondary N) is 1. The Labute approximate surface area is 116 Å². The lowest BCUT2D eigenvalue weighted by molar-refractivity contribution is -0.105. The molecule has 110 valence electrons. The van der Waals surface area contributed by atoms with E-state index < -0.39 is 15.8 Å². The van der Waals surface area contributed by atoms with Gasteiger partial charge in [0, 0.05) is 6.07 Å². The maximum Gasteiger partial charge on any atom is 0.341 e. The summed E-state index contributed by atoms with van der Waals surface area (Å²) in [4.78, 5) is 22.1. The monoisotopic (exact) mass is 301 g/mol. The topological polar surface area (TPSA) is 98.8 Å². The highest BCUT2D eigenvalue weighted by atomic mass is 32.2. The minimum Gasteiger partial charge on any atom is -0.496 e. The first-order valence-corrected chi connectivity index (χ1v) is 7.29. The molecule has 0 aliphatic rings. The summed E-state index contributed by atoms with van der Waals surface area (Å²) in [6.07, 6.45) is 0.348. The smallest absolute Gasteiger partial charge is 0.341 e. The molecule has 0 atom stereocenters. The maximum atomic E-state index is 12.0. The van der Waals surface area contributed by atoms with Crippen LogP contribution in [0.25, 0.3) is 0 Å². The van der Waals surface area contributed by atoms with Crippen LogP contribution in [-0.4, -0.2) is 40.8 Å². The van der Waals surface area contributed by atoms with E-state index in [0.29, 0.717) is 6.41 Å². The van der Waals surface area contributed by atoms with Gasteiger partial charge in [-0.3, -0.25) is 4.79 Å². The Morgan fingerprint density at radius 1 is 1.35 bits per heavy atom. The SMILES string of the molecule is CCS(=O)(=O)c1cc(C(=O)OC)c(OC)cc1NC=O. The molecule has 0 aromatic heterocycles. The van der Waals surface area contributed by atoms with Crippen molar-refractivity contribution >= 4 is 27.9 Å². The van der Waals surface area contributed by atoms with E-state index in [-0.39, 0.29) is 27.6 Å². The first-order chi connectivity index (χ1) is 9.41. The number of anilines is 1. The summed E-state index contributed by atoms with van der Waals surface area (Å²) in [5.41, 5.74) is 0.0184. The molecule has 0 aliphatic carbocycles. The van der Waals surface area contributed by atoms with Crippen LogP contribution in [0.2, 0.25) is 0 Å². The number of hydrogen-bond donors (Lipinski definition) is 1. The van der Waals surface area contributed by atoms with Crippen LogP contribution in [0.3, 0.4) is 0 Å². The molecule has 0 saturated heterocycles. The van der Waals surface area contributed by atoms with Gasteiger partial charge in [0.1, 0.15) is 11.3 Å². The third-order valence-corrected chi connectivity index (χ3v) is 4.40. The predicted molar refractivity (Wildman–Crippen MR) is 71.7 cm³/mol. The first-order valence-electron chi connectivity index (χ1n) is 5.64. The molecule has 1 N–H and O–H groups in total. The van der Waals surface area contributed by atoms with E-state index in [1.54, 1.807) is 0 Å². The molecule has 1 amide bonds. The molecule has 0 fully saturated rings. The Hall–Kier alpha value is -2.09. The van der Waals surface area contributed by atoms with Crippen molar-refractivity contribution in [1.29, 1.82) is 0 Å². The number of carbonyl (C=O) groups is 2. The highest BCUT2D eigenvalue weighted by Crippen LogP contribution is 2.31. The van der Waals surface area contributed by atoms with E-state index >= 15 is 0 Å². The van der Waals surface area contributed by atoms with Gasteiger partial charge in [0.2, 0.25) is 6.41 Å². The van der Waals surface area contributed by atoms with Crippen molar-refractivity contribution in [2.24, 2.45) is 0 Å². The van der Waals surface area contributed by atoms with E-state index in [4.69, 9.17) is 4.74 Å². The van der Waals surface area contributed by atoms with Gasteiger partial charge in [-0.05, 0) is 6.07 Å². The molecule has 1 aromatic carbocycles. The van der Waals surface area contributed by atoms with Gasteiger partial charge in [-0.15, -0.1) is 0 Å². The van der Waals surface area contributed by atoms with E-state index in [0.717, 1.165) is 6.07 Å². The number of esters is 1. The molecular weight excluding hydrogens is 286 g/mol. The molecule has 0 radical (unpaired) electrons. The molecular formula is C12H15NO6S. The molecule has 1 aromatic rings. The molecule has 0 bridgehead atoms. The number of amides is 1. The zero-order valence-electron chi connectivity index (χ0n) is 11.3. The Morgan fingerprint density at radius 2 is 2.00 bits per heavy atom. The number of ether oxygens (including phenoxy) is 2. The second-order valence-corrected chi connectivity index (χ2v) is 5.95. The van der Waals surface area contributed by atoms with Crippen molar-refractivity contribution in [2.45, 2.75) is 11.8 Å². The van der Waals surface area contributed by atoms with Crippen LogP contribution in [0.4, 0.5) is 5.69 Å². The van der Waals surface area contributed by atoms with Crippen LogP contribution < -0.4 is 10.1 Å². The van der Waals surface area contributed by atoms with E-state index in [2.05, 4.69) is 10.1 Å². The van der Waals surface area contributed by atoms with Gasteiger partial charge >= 0.3 is 5.97 Å². The number of benzene rings is 1. The van der Waals surface area contributed by atoms with Crippen molar-refractivity contribution < 1.29 is 27.5 Å². The predicted octanol–water partition coefficient (Wildman–Crippen LogP) is 0.844. The molecule has 0 heterocycles. The molecule has 0 saturated carbocycles. The van der Waals surface area contributed by atoms with Crippen molar-refractivity contribution in [2.75, 3.05) is 25.3 Å². The van der Waals surface area contributed by atoms with Gasteiger partial charge in [0.15, 0.2) is 9.84 Å². The van der Waals surface area contributed by atoms with Crippen LogP contribution in [0.5, 0.6) is 5.75 Å². The Morgan fingerprint density at radius 3 is 2.45 bits per heavy atom. The lowest BCUT2D eigenvalue weighted by Gasteiger charge is -2.13. The van der Waals surface area contributed by atoms with Crippen LogP contribution in [0.15, 0.2) is 17.0 Å². The van der Waals surface area contributed by atoms with Gasteiger partial charge in [-0.2, -0.15) is 0 Å². The summed E-state index contributed by atoms with van der Waals surface area (Å²) < 4.78 is 33.6. The molecule has 8 heteroatoms. The van der Waals surface area contributed by atoms with Crippen LogP contribution in [0, 0.1) is 0 Å². The summed E-state index contributed by atoms with van der Waals surface area (Å²) in [6, 6.07) is 2.40. The van der Waals surface area contributed by atoms with Gasteiger partial charge in [-0.1, -0.05) is 6.92 Å². The number of sulfone groups is 1. The van der Waals surface area contributed by atoms with Crippen LogP contribution in [0.1, 0.15) is 17.3 Å². The average Bonchev–Trinajstić information content (AvgIpc) is 2.46. The summed E-state index contributed by atoms with van der Waals surface area (Å²) in [7, 11) is -1.13. The third kappa shape index (κ3) is 3.08. The minimum absolute atomic E-state index is 0.0292. The highest BCUT2D eigenvalue weighted by molar-refractivity contribution is 7.91. The van der Waals surface area contributed by atoms with Crippen molar-refractivity contribution in [3.63, 3.8) is 0 Å². The second kappa shape index (κ2) is 6.38. The normalized spacial score (nSPS) is 10.8. The van der Waals surface area contributed by atoms with Gasteiger partial charge < -0.3 is 14.8 Å². The average molecular weight is 301 g/mol. The van der Waals surface area contributed by atoms with Crippen LogP contribution >= 0.6 is 0 Å². The van der Waals surface area contributed by atoms with Crippen molar-refractivity contribution in [3.05, 3.63) is 17.7 Å². The second-order valence-electron chi connectivity index (χ2n) is 3.71. The summed E-state index contributed by atoms with van der Waals surface area (Å²) in [5, 5.41) is 2.28.